The molecule has 0 heterocycles. The average Bonchev–Trinajstić information content (AvgIpc) is 2.12. The van der Waals surface area contributed by atoms with Gasteiger partial charge >= 0.3 is 0 Å². The molecule has 1 amide bonds. The molecule has 0 aromatic heterocycles. The summed E-state index contributed by atoms with van der Waals surface area (Å²) in [6.07, 6.45) is 1.41. The van der Waals surface area contributed by atoms with Crippen molar-refractivity contribution in [1.29, 1.82) is 0 Å². The summed E-state index contributed by atoms with van der Waals surface area (Å²) < 4.78 is 0. The van der Waals surface area contributed by atoms with E-state index in [1.54, 1.807) is 0 Å². The summed E-state index contributed by atoms with van der Waals surface area (Å²) in [7, 11) is 0. The molecule has 16 heavy (non-hydrogen) atoms. The SMILES string of the molecule is CC(C)CC(CN)CC(=O)NOC(C)(C)C. The lowest BCUT2D eigenvalue weighted by molar-refractivity contribution is -0.146. The van der Waals surface area contributed by atoms with Crippen LogP contribution in [0.2, 0.25) is 0 Å². The lowest BCUT2D eigenvalue weighted by atomic mass is 9.94. The molecule has 4 nitrogen and oxygen atoms in total. The van der Waals surface area contributed by atoms with Crippen molar-refractivity contribution in [1.82, 2.24) is 5.48 Å². The largest absolute Gasteiger partial charge is 0.330 e. The molecule has 0 aliphatic carbocycles. The van der Waals surface area contributed by atoms with Crippen LogP contribution in [0.5, 0.6) is 0 Å². The van der Waals surface area contributed by atoms with Crippen molar-refractivity contribution < 1.29 is 9.63 Å². The summed E-state index contributed by atoms with van der Waals surface area (Å²) in [5.74, 6) is 0.708. The third-order valence-electron chi connectivity index (χ3n) is 2.08. The number of hydroxylamine groups is 1. The molecule has 0 saturated heterocycles. The molecule has 0 rings (SSSR count). The summed E-state index contributed by atoms with van der Waals surface area (Å²) in [6, 6.07) is 0. The van der Waals surface area contributed by atoms with E-state index >= 15 is 0 Å². The van der Waals surface area contributed by atoms with Crippen molar-refractivity contribution in [3.8, 4) is 0 Å². The number of carbonyl (C=O) groups excluding carboxylic acids is 1. The Morgan fingerprint density at radius 2 is 1.94 bits per heavy atom. The Morgan fingerprint density at radius 3 is 2.31 bits per heavy atom. The number of rotatable bonds is 6. The van der Waals surface area contributed by atoms with E-state index in [-0.39, 0.29) is 17.4 Å². The normalized spacial score (nSPS) is 13.9. The molecule has 0 saturated carbocycles. The van der Waals surface area contributed by atoms with E-state index in [1.165, 1.54) is 0 Å². The van der Waals surface area contributed by atoms with E-state index in [0.717, 1.165) is 6.42 Å². The van der Waals surface area contributed by atoms with Crippen molar-refractivity contribution in [2.45, 2.75) is 53.1 Å². The molecule has 1 unspecified atom stereocenters. The Hall–Kier alpha value is -0.610. The van der Waals surface area contributed by atoms with Crippen molar-refractivity contribution in [3.05, 3.63) is 0 Å². The number of carbonyl (C=O) groups is 1. The van der Waals surface area contributed by atoms with Crippen LogP contribution < -0.4 is 11.2 Å². The highest BCUT2D eigenvalue weighted by Crippen LogP contribution is 2.14. The average molecular weight is 230 g/mol. The maximum absolute atomic E-state index is 11.5. The van der Waals surface area contributed by atoms with Gasteiger partial charge in [-0.1, -0.05) is 13.8 Å². The smallest absolute Gasteiger partial charge is 0.243 e. The Bertz CT molecular complexity index is 210. The standard InChI is InChI=1S/C12H26N2O2/c1-9(2)6-10(8-13)7-11(15)14-16-12(3,4)5/h9-10H,6-8,13H2,1-5H3,(H,14,15). The Labute approximate surface area is 98.9 Å². The highest BCUT2D eigenvalue weighted by molar-refractivity contribution is 5.75. The molecule has 1 atom stereocenters. The van der Waals surface area contributed by atoms with Gasteiger partial charge in [-0.3, -0.25) is 9.63 Å². The van der Waals surface area contributed by atoms with Gasteiger partial charge in [-0.05, 0) is 45.6 Å². The summed E-state index contributed by atoms with van der Waals surface area (Å²) in [6.45, 7) is 10.5. The predicted molar refractivity (Wildman–Crippen MR) is 65.6 cm³/mol. The first kappa shape index (κ1) is 15.4. The number of nitrogens with two attached hydrogens (primary N) is 1. The predicted octanol–water partition coefficient (Wildman–Crippen LogP) is 1.84. The van der Waals surface area contributed by atoms with Gasteiger partial charge in [0.05, 0.1) is 5.60 Å². The van der Waals surface area contributed by atoms with Crippen molar-refractivity contribution in [3.63, 3.8) is 0 Å². The maximum atomic E-state index is 11.5. The van der Waals surface area contributed by atoms with Gasteiger partial charge in [0.2, 0.25) is 5.91 Å². The molecule has 0 aromatic rings. The first-order valence-electron chi connectivity index (χ1n) is 5.91. The molecule has 0 aromatic carbocycles. The minimum atomic E-state index is -0.355. The lowest BCUT2D eigenvalue weighted by Crippen LogP contribution is -2.35. The van der Waals surface area contributed by atoms with Crippen LogP contribution in [0.25, 0.3) is 0 Å². The first-order valence-corrected chi connectivity index (χ1v) is 5.91. The van der Waals surface area contributed by atoms with Crippen LogP contribution in [0.1, 0.15) is 47.5 Å². The minimum Gasteiger partial charge on any atom is -0.330 e. The summed E-state index contributed by atoms with van der Waals surface area (Å²) in [4.78, 5) is 16.7. The fourth-order valence-electron chi connectivity index (χ4n) is 1.44. The zero-order valence-electron chi connectivity index (χ0n) is 11.2. The van der Waals surface area contributed by atoms with Gasteiger partial charge in [-0.15, -0.1) is 0 Å². The van der Waals surface area contributed by atoms with Gasteiger partial charge in [0.25, 0.3) is 0 Å². The van der Waals surface area contributed by atoms with Crippen LogP contribution in [-0.2, 0) is 9.63 Å². The van der Waals surface area contributed by atoms with E-state index in [1.807, 2.05) is 20.8 Å². The zero-order valence-corrected chi connectivity index (χ0v) is 11.2. The Balaban J connectivity index is 3.92. The molecule has 0 aliphatic heterocycles. The molecule has 0 fully saturated rings. The number of amides is 1. The van der Waals surface area contributed by atoms with Crippen LogP contribution in [0.3, 0.4) is 0 Å². The second kappa shape index (κ2) is 6.86. The third-order valence-corrected chi connectivity index (χ3v) is 2.08. The summed E-state index contributed by atoms with van der Waals surface area (Å²) in [5.41, 5.74) is 7.74. The van der Waals surface area contributed by atoms with Crippen molar-refractivity contribution in [2.75, 3.05) is 6.54 Å². The van der Waals surface area contributed by atoms with E-state index in [4.69, 9.17) is 10.6 Å². The Kier molecular flexibility index (Phi) is 6.60. The zero-order chi connectivity index (χ0) is 12.8. The fraction of sp³-hybridized carbons (Fsp3) is 0.917. The van der Waals surface area contributed by atoms with Gasteiger partial charge < -0.3 is 5.73 Å². The molecule has 0 bridgehead atoms. The summed E-state index contributed by atoms with van der Waals surface area (Å²) in [5, 5.41) is 0. The quantitative estimate of drug-likeness (QED) is 0.684. The van der Waals surface area contributed by atoms with Gasteiger partial charge in [0.15, 0.2) is 0 Å². The number of hydrogen-bond donors (Lipinski definition) is 2. The second-order valence-corrected chi connectivity index (χ2v) is 5.68. The van der Waals surface area contributed by atoms with E-state index in [9.17, 15) is 4.79 Å². The number of hydrogen-bond acceptors (Lipinski definition) is 3. The molecule has 0 radical (unpaired) electrons. The Morgan fingerprint density at radius 1 is 1.38 bits per heavy atom. The highest BCUT2D eigenvalue weighted by atomic mass is 16.7. The van der Waals surface area contributed by atoms with Crippen LogP contribution in [0.15, 0.2) is 0 Å². The molecular weight excluding hydrogens is 204 g/mol. The van der Waals surface area contributed by atoms with Gasteiger partial charge in [0.1, 0.15) is 0 Å². The maximum Gasteiger partial charge on any atom is 0.243 e. The van der Waals surface area contributed by atoms with Gasteiger partial charge in [0, 0.05) is 6.42 Å². The summed E-state index contributed by atoms with van der Waals surface area (Å²) >= 11 is 0. The van der Waals surface area contributed by atoms with E-state index < -0.39 is 0 Å². The molecule has 4 heteroatoms. The van der Waals surface area contributed by atoms with Crippen LogP contribution in [0.4, 0.5) is 0 Å². The molecular formula is C12H26N2O2. The van der Waals surface area contributed by atoms with Crippen LogP contribution in [-0.4, -0.2) is 18.1 Å². The minimum absolute atomic E-state index is 0.0916. The number of nitrogens with one attached hydrogen (secondary N) is 1. The van der Waals surface area contributed by atoms with Gasteiger partial charge in [-0.25, -0.2) is 5.48 Å². The topological polar surface area (TPSA) is 64.4 Å². The van der Waals surface area contributed by atoms with Gasteiger partial charge in [-0.2, -0.15) is 0 Å². The third kappa shape index (κ3) is 8.68. The highest BCUT2D eigenvalue weighted by Gasteiger charge is 2.17. The second-order valence-electron chi connectivity index (χ2n) is 5.68. The van der Waals surface area contributed by atoms with Crippen LogP contribution in [0, 0.1) is 11.8 Å². The molecule has 0 aliphatic rings. The molecule has 0 spiro atoms. The monoisotopic (exact) mass is 230 g/mol. The fourth-order valence-corrected chi connectivity index (χ4v) is 1.44. The van der Waals surface area contributed by atoms with Crippen molar-refractivity contribution in [2.24, 2.45) is 17.6 Å². The van der Waals surface area contributed by atoms with Crippen molar-refractivity contribution >= 4 is 5.91 Å². The first-order chi connectivity index (χ1) is 7.24. The van der Waals surface area contributed by atoms with Crippen LogP contribution >= 0.6 is 0 Å². The van der Waals surface area contributed by atoms with E-state index in [2.05, 4.69) is 19.3 Å². The van der Waals surface area contributed by atoms with E-state index in [0.29, 0.717) is 18.9 Å². The molecule has 96 valence electrons. The molecule has 3 N–H and O–H groups in total. The lowest BCUT2D eigenvalue weighted by Gasteiger charge is -2.21.